The first-order valence-electron chi connectivity index (χ1n) is 7.52. The van der Waals surface area contributed by atoms with E-state index in [9.17, 15) is 4.79 Å². The molecule has 6 heteroatoms. The Labute approximate surface area is 124 Å². The van der Waals surface area contributed by atoms with Gasteiger partial charge in [-0.3, -0.25) is 0 Å². The Hall–Kier alpha value is -1.82. The van der Waals surface area contributed by atoms with Crippen LogP contribution >= 0.6 is 0 Å². The predicted molar refractivity (Wildman–Crippen MR) is 81.2 cm³/mol. The summed E-state index contributed by atoms with van der Waals surface area (Å²) in [6.07, 6.45) is 6.37. The second kappa shape index (κ2) is 5.89. The topological polar surface area (TPSA) is 80.5 Å². The van der Waals surface area contributed by atoms with Crippen LogP contribution in [0.4, 0.5) is 11.5 Å². The minimum Gasteiger partial charge on any atom is -0.465 e. The third-order valence-electron chi connectivity index (χ3n) is 4.56. The van der Waals surface area contributed by atoms with Crippen LogP contribution < -0.4 is 11.1 Å². The van der Waals surface area contributed by atoms with Gasteiger partial charge in [-0.1, -0.05) is 0 Å². The lowest BCUT2D eigenvalue weighted by Crippen LogP contribution is -2.43. The van der Waals surface area contributed by atoms with E-state index in [1.54, 1.807) is 12.3 Å². The molecule has 21 heavy (non-hydrogen) atoms. The minimum absolute atomic E-state index is 0.368. The summed E-state index contributed by atoms with van der Waals surface area (Å²) in [5.74, 6) is 0.165. The predicted octanol–water partition coefficient (Wildman–Crippen LogP) is 1.49. The smallest absolute Gasteiger partial charge is 0.340 e. The van der Waals surface area contributed by atoms with E-state index >= 15 is 0 Å². The van der Waals surface area contributed by atoms with Gasteiger partial charge in [0.05, 0.1) is 18.4 Å². The zero-order valence-corrected chi connectivity index (χ0v) is 12.3. The molecule has 0 aromatic carbocycles. The summed E-state index contributed by atoms with van der Waals surface area (Å²) in [4.78, 5) is 18.5. The molecule has 2 atom stereocenters. The fraction of sp³-hybridized carbons (Fsp3) is 0.600. The van der Waals surface area contributed by atoms with Crippen molar-refractivity contribution >= 4 is 17.5 Å². The van der Waals surface area contributed by atoms with Gasteiger partial charge in [0, 0.05) is 24.8 Å². The van der Waals surface area contributed by atoms with Crippen LogP contribution in [-0.4, -0.2) is 48.1 Å². The quantitative estimate of drug-likeness (QED) is 0.821. The monoisotopic (exact) mass is 290 g/mol. The van der Waals surface area contributed by atoms with Crippen LogP contribution in [0.3, 0.4) is 0 Å². The SMILES string of the molecule is COC(=O)c1ccnc(NC2CCN3CCCC3C2)c1N. The number of carbonyl (C=O) groups is 1. The van der Waals surface area contributed by atoms with E-state index in [-0.39, 0.29) is 0 Å². The largest absolute Gasteiger partial charge is 0.465 e. The number of nitrogens with one attached hydrogen (secondary N) is 1. The summed E-state index contributed by atoms with van der Waals surface area (Å²) >= 11 is 0. The molecule has 0 radical (unpaired) electrons. The van der Waals surface area contributed by atoms with Gasteiger partial charge in [-0.25, -0.2) is 9.78 Å². The number of carbonyl (C=O) groups excluding carboxylic acids is 1. The molecule has 6 nitrogen and oxygen atoms in total. The maximum absolute atomic E-state index is 11.7. The van der Waals surface area contributed by atoms with Crippen molar-refractivity contribution < 1.29 is 9.53 Å². The number of piperidine rings is 1. The molecule has 0 bridgehead atoms. The molecule has 0 spiro atoms. The molecule has 0 amide bonds. The summed E-state index contributed by atoms with van der Waals surface area (Å²) in [6, 6.07) is 2.64. The number of methoxy groups -OCH3 is 1. The van der Waals surface area contributed by atoms with E-state index in [4.69, 9.17) is 10.5 Å². The minimum atomic E-state index is -0.427. The third-order valence-corrected chi connectivity index (χ3v) is 4.56. The van der Waals surface area contributed by atoms with E-state index in [0.29, 0.717) is 29.2 Å². The molecule has 3 N–H and O–H groups in total. The molecular weight excluding hydrogens is 268 g/mol. The lowest BCUT2D eigenvalue weighted by atomic mass is 9.97. The summed E-state index contributed by atoms with van der Waals surface area (Å²) < 4.78 is 4.74. The Morgan fingerprint density at radius 2 is 2.33 bits per heavy atom. The van der Waals surface area contributed by atoms with Crippen molar-refractivity contribution in [1.82, 2.24) is 9.88 Å². The normalized spacial score (nSPS) is 25.4. The maximum atomic E-state index is 11.7. The molecule has 3 heterocycles. The lowest BCUT2D eigenvalue weighted by Gasteiger charge is -2.35. The van der Waals surface area contributed by atoms with Crippen LogP contribution in [0.25, 0.3) is 0 Å². The van der Waals surface area contributed by atoms with Crippen LogP contribution in [0.1, 0.15) is 36.0 Å². The van der Waals surface area contributed by atoms with Crippen LogP contribution in [-0.2, 0) is 4.74 Å². The fourth-order valence-electron chi connectivity index (χ4n) is 3.43. The molecular formula is C15H22N4O2. The standard InChI is InChI=1S/C15H22N4O2/c1-21-15(20)12-4-6-17-14(13(12)16)18-10-5-8-19-7-2-3-11(19)9-10/h4,6,10-11H,2-3,5,7-9,16H2,1H3,(H,17,18). The molecule has 2 aliphatic heterocycles. The number of esters is 1. The number of hydrogen-bond acceptors (Lipinski definition) is 6. The lowest BCUT2D eigenvalue weighted by molar-refractivity contribution is 0.0602. The highest BCUT2D eigenvalue weighted by molar-refractivity contribution is 5.97. The van der Waals surface area contributed by atoms with Gasteiger partial charge in [-0.15, -0.1) is 0 Å². The number of nitrogen functional groups attached to an aromatic ring is 1. The molecule has 114 valence electrons. The number of anilines is 2. The molecule has 2 unspecified atom stereocenters. The molecule has 2 aliphatic rings. The first-order chi connectivity index (χ1) is 10.2. The van der Waals surface area contributed by atoms with E-state index < -0.39 is 5.97 Å². The molecule has 0 saturated carbocycles. The number of aromatic nitrogens is 1. The van der Waals surface area contributed by atoms with Crippen molar-refractivity contribution in [3.05, 3.63) is 17.8 Å². The van der Waals surface area contributed by atoms with Gasteiger partial charge in [0.1, 0.15) is 5.82 Å². The van der Waals surface area contributed by atoms with E-state index in [0.717, 1.165) is 19.4 Å². The van der Waals surface area contributed by atoms with Gasteiger partial charge in [0.2, 0.25) is 0 Å². The fourth-order valence-corrected chi connectivity index (χ4v) is 3.43. The van der Waals surface area contributed by atoms with Crippen molar-refractivity contribution in [2.45, 2.75) is 37.8 Å². The zero-order valence-electron chi connectivity index (χ0n) is 12.3. The van der Waals surface area contributed by atoms with Crippen molar-refractivity contribution in [3.63, 3.8) is 0 Å². The second-order valence-electron chi connectivity index (χ2n) is 5.81. The molecule has 0 aliphatic carbocycles. The Kier molecular flexibility index (Phi) is 3.96. The van der Waals surface area contributed by atoms with Crippen molar-refractivity contribution in [2.75, 3.05) is 31.2 Å². The second-order valence-corrected chi connectivity index (χ2v) is 5.81. The number of rotatable bonds is 3. The molecule has 2 saturated heterocycles. The summed E-state index contributed by atoms with van der Waals surface area (Å²) in [5, 5.41) is 3.41. The maximum Gasteiger partial charge on any atom is 0.340 e. The van der Waals surface area contributed by atoms with Crippen LogP contribution in [0, 0.1) is 0 Å². The number of nitrogens with zero attached hydrogens (tertiary/aromatic N) is 2. The number of hydrogen-bond donors (Lipinski definition) is 2. The molecule has 1 aromatic heterocycles. The first kappa shape index (κ1) is 14.1. The summed E-state index contributed by atoms with van der Waals surface area (Å²) in [6.45, 7) is 2.36. The van der Waals surface area contributed by atoms with Crippen molar-refractivity contribution in [3.8, 4) is 0 Å². The average Bonchev–Trinajstić information content (AvgIpc) is 2.96. The number of pyridine rings is 1. The Morgan fingerprint density at radius 3 is 3.14 bits per heavy atom. The highest BCUT2D eigenvalue weighted by atomic mass is 16.5. The van der Waals surface area contributed by atoms with E-state index in [1.807, 2.05) is 0 Å². The Bertz CT molecular complexity index is 534. The number of nitrogens with two attached hydrogens (primary N) is 1. The van der Waals surface area contributed by atoms with Gasteiger partial charge >= 0.3 is 5.97 Å². The first-order valence-corrected chi connectivity index (χ1v) is 7.52. The van der Waals surface area contributed by atoms with Gasteiger partial charge in [-0.2, -0.15) is 0 Å². The summed E-state index contributed by atoms with van der Waals surface area (Å²) in [7, 11) is 1.35. The molecule has 2 fully saturated rings. The van der Waals surface area contributed by atoms with Crippen molar-refractivity contribution in [1.29, 1.82) is 0 Å². The van der Waals surface area contributed by atoms with Gasteiger partial charge in [0.15, 0.2) is 0 Å². The van der Waals surface area contributed by atoms with Crippen LogP contribution in [0.15, 0.2) is 12.3 Å². The van der Waals surface area contributed by atoms with Gasteiger partial charge < -0.3 is 20.7 Å². The molecule has 3 rings (SSSR count). The molecule has 1 aromatic rings. The number of fused-ring (bicyclic) bond motifs is 1. The Morgan fingerprint density at radius 1 is 1.48 bits per heavy atom. The van der Waals surface area contributed by atoms with E-state index in [1.165, 1.54) is 26.5 Å². The van der Waals surface area contributed by atoms with Crippen molar-refractivity contribution in [2.24, 2.45) is 0 Å². The summed E-state index contributed by atoms with van der Waals surface area (Å²) in [5.41, 5.74) is 6.79. The highest BCUT2D eigenvalue weighted by Crippen LogP contribution is 2.30. The Balaban J connectivity index is 1.71. The zero-order chi connectivity index (χ0) is 14.8. The van der Waals surface area contributed by atoms with Crippen LogP contribution in [0.2, 0.25) is 0 Å². The van der Waals surface area contributed by atoms with Gasteiger partial charge in [0.25, 0.3) is 0 Å². The average molecular weight is 290 g/mol. The van der Waals surface area contributed by atoms with E-state index in [2.05, 4.69) is 15.2 Å². The van der Waals surface area contributed by atoms with Crippen LogP contribution in [0.5, 0.6) is 0 Å². The third kappa shape index (κ3) is 2.81. The highest BCUT2D eigenvalue weighted by Gasteiger charge is 2.32. The number of ether oxygens (including phenoxy) is 1. The van der Waals surface area contributed by atoms with Gasteiger partial charge in [-0.05, 0) is 38.3 Å².